The molecule has 1 atom stereocenters. The summed E-state index contributed by atoms with van der Waals surface area (Å²) in [5.41, 5.74) is 2.43. The number of hydrogen-bond acceptors (Lipinski definition) is 2. The first kappa shape index (κ1) is 17.5. The molecule has 0 aliphatic rings. The molecule has 0 aliphatic carbocycles. The summed E-state index contributed by atoms with van der Waals surface area (Å²) in [4.78, 5) is 0. The van der Waals surface area contributed by atoms with Crippen LogP contribution < -0.4 is 5.32 Å². The van der Waals surface area contributed by atoms with Crippen molar-refractivity contribution < 1.29 is 0 Å². The first-order chi connectivity index (χ1) is 9.28. The number of halogens is 1. The van der Waals surface area contributed by atoms with Crippen LogP contribution in [0.4, 0.5) is 0 Å². The number of nitrogens with one attached hydrogen (secondary N) is 1. The van der Waals surface area contributed by atoms with Crippen LogP contribution in [0, 0.1) is 5.92 Å². The van der Waals surface area contributed by atoms with Gasteiger partial charge in [-0.15, -0.1) is 0 Å². The molecule has 3 nitrogen and oxygen atoms in total. The lowest BCUT2D eigenvalue weighted by Gasteiger charge is -2.22. The summed E-state index contributed by atoms with van der Waals surface area (Å²) in [5.74, 6) is 0.606. The monoisotopic (exact) mass is 299 g/mol. The van der Waals surface area contributed by atoms with Crippen molar-refractivity contribution >= 4 is 11.6 Å². The van der Waals surface area contributed by atoms with Gasteiger partial charge in [-0.05, 0) is 59.4 Å². The van der Waals surface area contributed by atoms with E-state index in [4.69, 9.17) is 11.6 Å². The summed E-state index contributed by atoms with van der Waals surface area (Å²) in [6.07, 6.45) is 3.06. The van der Waals surface area contributed by atoms with E-state index in [2.05, 4.69) is 56.6 Å². The maximum Gasteiger partial charge on any atom is 0.0849 e. The summed E-state index contributed by atoms with van der Waals surface area (Å²) < 4.78 is 2.06. The molecule has 0 aliphatic heterocycles. The van der Waals surface area contributed by atoms with Gasteiger partial charge >= 0.3 is 0 Å². The zero-order chi connectivity index (χ0) is 15.3. The molecule has 1 rings (SSSR count). The molecule has 1 aromatic heterocycles. The van der Waals surface area contributed by atoms with Crippen LogP contribution >= 0.6 is 11.6 Å². The molecular formula is C16H30ClN3. The van der Waals surface area contributed by atoms with E-state index in [1.807, 2.05) is 0 Å². The van der Waals surface area contributed by atoms with Gasteiger partial charge in [0.1, 0.15) is 0 Å². The highest BCUT2D eigenvalue weighted by molar-refractivity contribution is 6.31. The average Bonchev–Trinajstić information content (AvgIpc) is 2.64. The Labute approximate surface area is 129 Å². The topological polar surface area (TPSA) is 29.9 Å². The molecule has 116 valence electrons. The number of hydrogen-bond donors (Lipinski definition) is 1. The van der Waals surface area contributed by atoms with E-state index in [0.29, 0.717) is 5.92 Å². The minimum atomic E-state index is 0.192. The Morgan fingerprint density at radius 2 is 1.95 bits per heavy atom. The van der Waals surface area contributed by atoms with Gasteiger partial charge in [-0.3, -0.25) is 4.68 Å². The lowest BCUT2D eigenvalue weighted by molar-refractivity contribution is 0.390. The Kier molecular flexibility index (Phi) is 6.53. The van der Waals surface area contributed by atoms with Crippen LogP contribution in [0.2, 0.25) is 5.02 Å². The van der Waals surface area contributed by atoms with Gasteiger partial charge in [0.15, 0.2) is 0 Å². The van der Waals surface area contributed by atoms with Crippen LogP contribution in [0.5, 0.6) is 0 Å². The van der Waals surface area contributed by atoms with Gasteiger partial charge in [0, 0.05) is 12.1 Å². The molecule has 0 saturated carbocycles. The predicted molar refractivity (Wildman–Crippen MR) is 87.5 cm³/mol. The summed E-state index contributed by atoms with van der Waals surface area (Å²) in [6, 6.07) is 0. The molecular weight excluding hydrogens is 270 g/mol. The van der Waals surface area contributed by atoms with E-state index in [9.17, 15) is 0 Å². The van der Waals surface area contributed by atoms with Crippen LogP contribution in [0.15, 0.2) is 0 Å². The van der Waals surface area contributed by atoms with Crippen molar-refractivity contribution in [3.8, 4) is 0 Å². The van der Waals surface area contributed by atoms with E-state index in [0.717, 1.165) is 43.1 Å². The fourth-order valence-electron chi connectivity index (χ4n) is 2.34. The van der Waals surface area contributed by atoms with Crippen molar-refractivity contribution in [1.82, 2.24) is 15.1 Å². The highest BCUT2D eigenvalue weighted by Crippen LogP contribution is 2.25. The Morgan fingerprint density at radius 1 is 1.30 bits per heavy atom. The van der Waals surface area contributed by atoms with Gasteiger partial charge in [-0.2, -0.15) is 5.10 Å². The smallest absolute Gasteiger partial charge is 0.0849 e. The second-order valence-electron chi connectivity index (χ2n) is 6.65. The van der Waals surface area contributed by atoms with Crippen molar-refractivity contribution in [2.24, 2.45) is 5.92 Å². The lowest BCUT2D eigenvalue weighted by atomic mass is 10.00. The van der Waals surface area contributed by atoms with Gasteiger partial charge in [-0.25, -0.2) is 0 Å². The molecule has 0 spiro atoms. The number of nitrogens with zero attached hydrogens (tertiary/aromatic N) is 2. The third-order valence-corrected chi connectivity index (χ3v) is 3.96. The second kappa shape index (κ2) is 7.46. The van der Waals surface area contributed by atoms with Gasteiger partial charge in [0.2, 0.25) is 0 Å². The Balaban J connectivity index is 2.61. The average molecular weight is 300 g/mol. The van der Waals surface area contributed by atoms with Gasteiger partial charge < -0.3 is 5.32 Å². The summed E-state index contributed by atoms with van der Waals surface area (Å²) >= 11 is 6.46. The lowest BCUT2D eigenvalue weighted by Crippen LogP contribution is -2.37. The third-order valence-electron chi connectivity index (χ3n) is 3.53. The zero-order valence-electron chi connectivity index (χ0n) is 13.9. The first-order valence-corrected chi connectivity index (χ1v) is 8.15. The highest BCUT2D eigenvalue weighted by atomic mass is 35.5. The quantitative estimate of drug-likeness (QED) is 0.822. The zero-order valence-corrected chi connectivity index (χ0v) is 14.6. The van der Waals surface area contributed by atoms with Crippen LogP contribution in [0.3, 0.4) is 0 Å². The molecule has 20 heavy (non-hydrogen) atoms. The highest BCUT2D eigenvalue weighted by Gasteiger charge is 2.17. The van der Waals surface area contributed by atoms with Gasteiger partial charge in [0.25, 0.3) is 0 Å². The van der Waals surface area contributed by atoms with Crippen molar-refractivity contribution in [2.45, 2.75) is 72.9 Å². The summed E-state index contributed by atoms with van der Waals surface area (Å²) in [7, 11) is 0. The van der Waals surface area contributed by atoms with Gasteiger partial charge in [0.05, 0.1) is 16.4 Å². The fraction of sp³-hybridized carbons (Fsp3) is 0.812. The van der Waals surface area contributed by atoms with Crippen LogP contribution in [-0.2, 0) is 19.4 Å². The van der Waals surface area contributed by atoms with Crippen molar-refractivity contribution in [3.05, 3.63) is 16.4 Å². The molecule has 0 fully saturated rings. The number of rotatable bonds is 7. The molecule has 0 radical (unpaired) electrons. The van der Waals surface area contributed by atoms with E-state index in [1.165, 1.54) is 5.69 Å². The van der Waals surface area contributed by atoms with Crippen LogP contribution in [-0.4, -0.2) is 21.9 Å². The van der Waals surface area contributed by atoms with Crippen LogP contribution in [0.1, 0.15) is 59.4 Å². The third kappa shape index (κ3) is 5.10. The molecule has 1 N–H and O–H groups in total. The van der Waals surface area contributed by atoms with E-state index in [1.54, 1.807) is 0 Å². The standard InChI is InChI=1S/C16H30ClN3/c1-7-13-15(17)14(20(8-2)19-13)11-12(3)9-10-18-16(4,5)6/h12,18H,7-11H2,1-6H3. The van der Waals surface area contributed by atoms with Crippen molar-refractivity contribution in [2.75, 3.05) is 6.54 Å². The normalized spacial score (nSPS) is 13.8. The Bertz CT molecular complexity index is 418. The summed E-state index contributed by atoms with van der Waals surface area (Å²) in [6.45, 7) is 15.1. The molecule has 1 aromatic rings. The van der Waals surface area contributed by atoms with Gasteiger partial charge in [-0.1, -0.05) is 25.4 Å². The molecule has 0 saturated heterocycles. The minimum Gasteiger partial charge on any atom is -0.312 e. The van der Waals surface area contributed by atoms with Crippen LogP contribution in [0.25, 0.3) is 0 Å². The van der Waals surface area contributed by atoms with Crippen molar-refractivity contribution in [3.63, 3.8) is 0 Å². The maximum absolute atomic E-state index is 6.46. The summed E-state index contributed by atoms with van der Waals surface area (Å²) in [5, 5.41) is 9.01. The maximum atomic E-state index is 6.46. The van der Waals surface area contributed by atoms with E-state index < -0.39 is 0 Å². The molecule has 0 amide bonds. The molecule has 0 aromatic carbocycles. The predicted octanol–water partition coefficient (Wildman–Crippen LogP) is 4.08. The minimum absolute atomic E-state index is 0.192. The number of aromatic nitrogens is 2. The molecule has 1 heterocycles. The second-order valence-corrected chi connectivity index (χ2v) is 7.03. The van der Waals surface area contributed by atoms with E-state index in [-0.39, 0.29) is 5.54 Å². The number of aryl methyl sites for hydroxylation is 2. The fourth-order valence-corrected chi connectivity index (χ4v) is 2.68. The SMILES string of the molecule is CCc1nn(CC)c(CC(C)CCNC(C)(C)C)c1Cl. The molecule has 1 unspecified atom stereocenters. The van der Waals surface area contributed by atoms with E-state index >= 15 is 0 Å². The Morgan fingerprint density at radius 3 is 2.45 bits per heavy atom. The van der Waals surface area contributed by atoms with Crippen molar-refractivity contribution in [1.29, 1.82) is 0 Å². The first-order valence-electron chi connectivity index (χ1n) is 7.77. The Hall–Kier alpha value is -0.540. The molecule has 0 bridgehead atoms. The largest absolute Gasteiger partial charge is 0.312 e. The molecule has 4 heteroatoms.